The van der Waals surface area contributed by atoms with E-state index in [0.29, 0.717) is 24.5 Å². The summed E-state index contributed by atoms with van der Waals surface area (Å²) in [4.78, 5) is 29.6. The van der Waals surface area contributed by atoms with Gasteiger partial charge in [-0.2, -0.15) is 0 Å². The molecule has 2 heterocycles. The molecule has 6 nitrogen and oxygen atoms in total. The predicted molar refractivity (Wildman–Crippen MR) is 109 cm³/mol. The topological polar surface area (TPSA) is 75.5 Å². The Kier molecular flexibility index (Phi) is 6.09. The Bertz CT molecular complexity index is 974. The summed E-state index contributed by atoms with van der Waals surface area (Å²) in [5.74, 6) is 0.144. The third kappa shape index (κ3) is 4.57. The highest BCUT2D eigenvalue weighted by Gasteiger charge is 2.21. The van der Waals surface area contributed by atoms with Gasteiger partial charge in [0.25, 0.3) is 11.8 Å². The number of carbonyl (C=O) groups excluding carboxylic acids is 2. The van der Waals surface area contributed by atoms with Crippen LogP contribution in [-0.2, 0) is 6.54 Å². The molecule has 0 aliphatic carbocycles. The lowest BCUT2D eigenvalue weighted by atomic mass is 10.1. The minimum absolute atomic E-state index is 0.222. The van der Waals surface area contributed by atoms with E-state index < -0.39 is 0 Å². The van der Waals surface area contributed by atoms with E-state index in [-0.39, 0.29) is 23.3 Å². The Balaban J connectivity index is 1.78. The summed E-state index contributed by atoms with van der Waals surface area (Å²) in [6, 6.07) is 13.4. The van der Waals surface area contributed by atoms with Gasteiger partial charge in [-0.1, -0.05) is 49.7 Å². The molecule has 0 bridgehead atoms. The first-order chi connectivity index (χ1) is 13.5. The van der Waals surface area contributed by atoms with Gasteiger partial charge in [-0.15, -0.1) is 0 Å². The molecule has 1 aromatic carbocycles. The zero-order chi connectivity index (χ0) is 20.1. The molecule has 0 aliphatic rings. The second-order valence-corrected chi connectivity index (χ2v) is 7.35. The number of nitrogens with one attached hydrogen (secondary N) is 2. The number of amides is 2. The highest BCUT2D eigenvalue weighted by Crippen LogP contribution is 2.14. The Labute approximate surface area is 165 Å². The molecule has 0 atom stereocenters. The van der Waals surface area contributed by atoms with Gasteiger partial charge >= 0.3 is 0 Å². The Morgan fingerprint density at radius 3 is 2.50 bits per heavy atom. The number of nitrogens with zero attached hydrogens (tertiary/aromatic N) is 2. The van der Waals surface area contributed by atoms with E-state index >= 15 is 0 Å². The van der Waals surface area contributed by atoms with Gasteiger partial charge in [-0.25, -0.2) is 4.98 Å². The Morgan fingerprint density at radius 2 is 1.79 bits per heavy atom. The fourth-order valence-electron chi connectivity index (χ4n) is 2.89. The van der Waals surface area contributed by atoms with E-state index in [4.69, 9.17) is 0 Å². The maximum absolute atomic E-state index is 12.7. The summed E-state index contributed by atoms with van der Waals surface area (Å²) in [5, 5.41) is 5.77. The second-order valence-electron chi connectivity index (χ2n) is 7.35. The number of rotatable bonds is 7. The lowest BCUT2D eigenvalue weighted by molar-refractivity contribution is 0.0941. The van der Waals surface area contributed by atoms with Gasteiger partial charge in [-0.05, 0) is 37.0 Å². The first-order valence-electron chi connectivity index (χ1n) is 9.54. The van der Waals surface area contributed by atoms with Crippen LogP contribution < -0.4 is 10.6 Å². The largest absolute Gasteiger partial charge is 0.349 e. The van der Waals surface area contributed by atoms with Crippen LogP contribution in [0.2, 0.25) is 0 Å². The molecule has 0 spiro atoms. The molecule has 3 rings (SSSR count). The highest BCUT2D eigenvalue weighted by atomic mass is 16.2. The van der Waals surface area contributed by atoms with Crippen molar-refractivity contribution >= 4 is 17.3 Å². The van der Waals surface area contributed by atoms with Crippen molar-refractivity contribution in [2.45, 2.75) is 33.7 Å². The summed E-state index contributed by atoms with van der Waals surface area (Å²) >= 11 is 0. The van der Waals surface area contributed by atoms with Crippen LogP contribution in [-0.4, -0.2) is 27.7 Å². The monoisotopic (exact) mass is 378 g/mol. The number of fused-ring (bicyclic) bond motifs is 1. The van der Waals surface area contributed by atoms with Crippen molar-refractivity contribution in [1.82, 2.24) is 20.0 Å². The molecule has 0 saturated carbocycles. The van der Waals surface area contributed by atoms with Crippen LogP contribution in [0.3, 0.4) is 0 Å². The number of carbonyl (C=O) groups is 2. The average molecular weight is 378 g/mol. The van der Waals surface area contributed by atoms with Gasteiger partial charge in [-0.3, -0.25) is 14.0 Å². The van der Waals surface area contributed by atoms with Crippen molar-refractivity contribution in [3.05, 3.63) is 71.3 Å². The van der Waals surface area contributed by atoms with Gasteiger partial charge in [0, 0.05) is 19.3 Å². The molecule has 0 fully saturated rings. The number of aromatic nitrogens is 2. The van der Waals surface area contributed by atoms with Gasteiger partial charge in [0.1, 0.15) is 0 Å². The summed E-state index contributed by atoms with van der Waals surface area (Å²) in [6.45, 7) is 7.21. The van der Waals surface area contributed by atoms with Crippen LogP contribution in [0.5, 0.6) is 0 Å². The molecule has 0 aliphatic heterocycles. The van der Waals surface area contributed by atoms with Gasteiger partial charge in [0.05, 0.1) is 5.52 Å². The molecule has 2 N–H and O–H groups in total. The molecule has 0 radical (unpaired) electrons. The molecule has 2 amide bonds. The summed E-state index contributed by atoms with van der Waals surface area (Å²) in [5.41, 5.74) is 3.04. The maximum Gasteiger partial charge on any atom is 0.287 e. The molecule has 6 heteroatoms. The molecule has 146 valence electrons. The standard InChI is InChI=1S/C22H26N4O2/c1-15(2)11-12-23-22(28)20-25-19(18-6-4-5-13-26(18)20)21(27)24-14-17-9-7-16(3)8-10-17/h4-10,13,15H,11-12,14H2,1-3H3,(H,23,28)(H,24,27). The quantitative estimate of drug-likeness (QED) is 0.662. The fourth-order valence-corrected chi connectivity index (χ4v) is 2.89. The van der Waals surface area contributed by atoms with Gasteiger partial charge in [0.15, 0.2) is 5.69 Å². The lowest BCUT2D eigenvalue weighted by Crippen LogP contribution is -2.27. The average Bonchev–Trinajstić information content (AvgIpc) is 3.07. The minimum atomic E-state index is -0.300. The number of pyridine rings is 1. The Morgan fingerprint density at radius 1 is 1.04 bits per heavy atom. The molecular formula is C22H26N4O2. The second kappa shape index (κ2) is 8.69. The minimum Gasteiger partial charge on any atom is -0.349 e. The van der Waals surface area contributed by atoms with Crippen molar-refractivity contribution in [1.29, 1.82) is 0 Å². The number of imidazole rings is 1. The van der Waals surface area contributed by atoms with Crippen molar-refractivity contribution < 1.29 is 9.59 Å². The number of aryl methyl sites for hydroxylation is 1. The van der Waals surface area contributed by atoms with Crippen LogP contribution in [0.1, 0.15) is 52.5 Å². The van der Waals surface area contributed by atoms with E-state index in [1.54, 1.807) is 16.7 Å². The third-order valence-corrected chi connectivity index (χ3v) is 4.55. The van der Waals surface area contributed by atoms with E-state index in [2.05, 4.69) is 29.5 Å². The van der Waals surface area contributed by atoms with E-state index in [1.165, 1.54) is 5.56 Å². The number of benzene rings is 1. The number of hydrogen-bond donors (Lipinski definition) is 2. The zero-order valence-electron chi connectivity index (χ0n) is 16.5. The van der Waals surface area contributed by atoms with Crippen molar-refractivity contribution in [3.63, 3.8) is 0 Å². The smallest absolute Gasteiger partial charge is 0.287 e. The highest BCUT2D eigenvalue weighted by molar-refractivity contribution is 6.02. The van der Waals surface area contributed by atoms with Crippen LogP contribution >= 0.6 is 0 Å². The molecule has 28 heavy (non-hydrogen) atoms. The van der Waals surface area contributed by atoms with E-state index in [1.807, 2.05) is 43.3 Å². The van der Waals surface area contributed by atoms with E-state index in [0.717, 1.165) is 12.0 Å². The molecule has 2 aromatic heterocycles. The lowest BCUT2D eigenvalue weighted by Gasteiger charge is -2.06. The molecule has 0 unspecified atom stereocenters. The fraction of sp³-hybridized carbons (Fsp3) is 0.318. The first kappa shape index (κ1) is 19.6. The predicted octanol–water partition coefficient (Wildman–Crippen LogP) is 3.35. The summed E-state index contributed by atoms with van der Waals surface area (Å²) in [7, 11) is 0. The number of hydrogen-bond acceptors (Lipinski definition) is 3. The molecule has 0 saturated heterocycles. The molecule has 3 aromatic rings. The Hall–Kier alpha value is -3.15. The molecular weight excluding hydrogens is 352 g/mol. The van der Waals surface area contributed by atoms with Crippen molar-refractivity contribution in [2.75, 3.05) is 6.54 Å². The maximum atomic E-state index is 12.7. The normalized spacial score (nSPS) is 11.0. The van der Waals surface area contributed by atoms with E-state index in [9.17, 15) is 9.59 Å². The van der Waals surface area contributed by atoms with Crippen LogP contribution in [0.15, 0.2) is 48.7 Å². The van der Waals surface area contributed by atoms with Gasteiger partial charge < -0.3 is 10.6 Å². The zero-order valence-corrected chi connectivity index (χ0v) is 16.5. The SMILES string of the molecule is Cc1ccc(CNC(=O)c2nc(C(=O)NCCC(C)C)n3ccccc23)cc1. The first-order valence-corrected chi connectivity index (χ1v) is 9.54. The van der Waals surface area contributed by atoms with Crippen molar-refractivity contribution in [2.24, 2.45) is 5.92 Å². The summed E-state index contributed by atoms with van der Waals surface area (Å²) in [6.07, 6.45) is 2.63. The van der Waals surface area contributed by atoms with Gasteiger partial charge in [0.2, 0.25) is 5.82 Å². The third-order valence-electron chi connectivity index (χ3n) is 4.55. The van der Waals surface area contributed by atoms with Crippen LogP contribution in [0.4, 0.5) is 0 Å². The van der Waals surface area contributed by atoms with Crippen LogP contribution in [0.25, 0.3) is 5.52 Å². The summed E-state index contributed by atoms with van der Waals surface area (Å²) < 4.78 is 1.66. The van der Waals surface area contributed by atoms with Crippen LogP contribution in [0, 0.1) is 12.8 Å². The van der Waals surface area contributed by atoms with Crippen molar-refractivity contribution in [3.8, 4) is 0 Å².